The van der Waals surface area contributed by atoms with Gasteiger partial charge in [0.15, 0.2) is 22.7 Å². The Morgan fingerprint density at radius 1 is 1.00 bits per heavy atom. The fourth-order valence-corrected chi connectivity index (χ4v) is 4.98. The molecule has 4 nitrogen and oxygen atoms in total. The van der Waals surface area contributed by atoms with Crippen LogP contribution in [0, 0.1) is 0 Å². The Hall–Kier alpha value is 0.304. The van der Waals surface area contributed by atoms with Crippen LogP contribution in [0.5, 0.6) is 0 Å². The minimum Gasteiger partial charge on any atom is -0.456 e. The minimum absolute atomic E-state index is 0.0796. The number of alkyl halides is 1. The van der Waals surface area contributed by atoms with Gasteiger partial charge in [-0.25, -0.2) is 0 Å². The summed E-state index contributed by atoms with van der Waals surface area (Å²) in [5, 5.41) is 0.204. The van der Waals surface area contributed by atoms with Gasteiger partial charge in [0.2, 0.25) is 0 Å². The lowest BCUT2D eigenvalue weighted by molar-refractivity contribution is -0.142. The molecule has 1 aliphatic heterocycles. The molecule has 0 unspecified atom stereocenters. The summed E-state index contributed by atoms with van der Waals surface area (Å²) in [5.74, 6) is -0.248. The first kappa shape index (κ1) is 22.3. The van der Waals surface area contributed by atoms with Gasteiger partial charge in [-0.15, -0.1) is 0 Å². The van der Waals surface area contributed by atoms with Gasteiger partial charge >= 0.3 is 5.97 Å². The first-order valence-corrected chi connectivity index (χ1v) is 15.4. The van der Waals surface area contributed by atoms with Crippen molar-refractivity contribution in [2.45, 2.75) is 94.8 Å². The van der Waals surface area contributed by atoms with E-state index in [1.54, 1.807) is 0 Å². The molecule has 0 saturated carbocycles. The van der Waals surface area contributed by atoms with Crippen LogP contribution in [-0.4, -0.2) is 46.2 Å². The summed E-state index contributed by atoms with van der Waals surface area (Å²) >= 11 is 3.47. The van der Waals surface area contributed by atoms with Crippen molar-refractivity contribution in [2.75, 3.05) is 6.61 Å². The second-order valence-corrected chi connectivity index (χ2v) is 20.3. The zero-order chi connectivity index (χ0) is 19.1. The fourth-order valence-electron chi connectivity index (χ4n) is 1.89. The van der Waals surface area contributed by atoms with Crippen molar-refractivity contribution in [1.29, 1.82) is 0 Å². The van der Waals surface area contributed by atoms with E-state index in [0.717, 1.165) is 0 Å². The lowest BCUT2D eigenvalue weighted by Gasteiger charge is -2.40. The van der Waals surface area contributed by atoms with E-state index in [1.807, 2.05) is 0 Å². The summed E-state index contributed by atoms with van der Waals surface area (Å²) < 4.78 is 18.3. The summed E-state index contributed by atoms with van der Waals surface area (Å²) in [6, 6.07) is 0. The number of carbonyl (C=O) groups excluding carboxylic acids is 1. The molecule has 1 fully saturated rings. The van der Waals surface area contributed by atoms with E-state index in [-0.39, 0.29) is 28.3 Å². The van der Waals surface area contributed by atoms with Crippen molar-refractivity contribution in [3.05, 3.63) is 0 Å². The van der Waals surface area contributed by atoms with Crippen LogP contribution in [0.25, 0.3) is 0 Å². The van der Waals surface area contributed by atoms with Crippen molar-refractivity contribution in [3.8, 4) is 0 Å². The van der Waals surface area contributed by atoms with Gasteiger partial charge in [-0.3, -0.25) is 4.79 Å². The quantitative estimate of drug-likeness (QED) is 0.340. The molecule has 0 spiro atoms. The maximum absolute atomic E-state index is 12.1. The van der Waals surface area contributed by atoms with Crippen LogP contribution >= 0.6 is 15.9 Å². The van der Waals surface area contributed by atoms with Gasteiger partial charge in [-0.05, 0) is 36.3 Å². The number of carbonyl (C=O) groups is 1. The number of cyclic esters (lactones) is 1. The molecule has 24 heavy (non-hydrogen) atoms. The smallest absolute Gasteiger partial charge is 0.322 e. The maximum atomic E-state index is 12.1. The molecule has 0 amide bonds. The molecule has 0 aromatic rings. The average Bonchev–Trinajstić information content (AvgIpc) is 2.61. The fraction of sp³-hybridized carbons (Fsp3) is 0.941. The van der Waals surface area contributed by atoms with Crippen LogP contribution in [0.15, 0.2) is 0 Å². The average molecular weight is 440 g/mol. The Morgan fingerprint density at radius 3 is 1.88 bits per heavy atom. The van der Waals surface area contributed by atoms with E-state index in [2.05, 4.69) is 83.7 Å². The highest BCUT2D eigenvalue weighted by molar-refractivity contribution is 9.10. The number of halogens is 1. The van der Waals surface area contributed by atoms with Crippen LogP contribution in [0.3, 0.4) is 0 Å². The van der Waals surface area contributed by atoms with Gasteiger partial charge in [0.25, 0.3) is 0 Å². The van der Waals surface area contributed by atoms with Crippen molar-refractivity contribution < 1.29 is 18.4 Å². The molecular weight excluding hydrogens is 404 g/mol. The van der Waals surface area contributed by atoms with E-state index in [4.69, 9.17) is 13.6 Å². The maximum Gasteiger partial charge on any atom is 0.322 e. The van der Waals surface area contributed by atoms with Crippen LogP contribution in [0.1, 0.15) is 41.5 Å². The number of hydrogen-bond donors (Lipinski definition) is 0. The summed E-state index contributed by atoms with van der Waals surface area (Å²) in [4.78, 5) is 11.7. The van der Waals surface area contributed by atoms with Crippen molar-refractivity contribution >= 4 is 38.5 Å². The lowest BCUT2D eigenvalue weighted by Crippen LogP contribution is -2.50. The van der Waals surface area contributed by atoms with Gasteiger partial charge in [0, 0.05) is 0 Å². The third-order valence-corrected chi connectivity index (χ3v) is 15.7. The third-order valence-electron chi connectivity index (χ3n) is 5.80. The Balaban J connectivity index is 2.88. The number of esters is 1. The SMILES string of the molecule is CC(C)(C)[Si](C)(C)OC[C@H]1OC(=O)[C@@H](Br)[C@@H]1O[Si](C)(C)C(C)(C)C. The van der Waals surface area contributed by atoms with Crippen LogP contribution < -0.4 is 0 Å². The molecule has 3 atom stereocenters. The zero-order valence-corrected chi connectivity index (χ0v) is 20.5. The highest BCUT2D eigenvalue weighted by Crippen LogP contribution is 2.41. The van der Waals surface area contributed by atoms with Crippen LogP contribution in [0.4, 0.5) is 0 Å². The third kappa shape index (κ3) is 4.93. The molecule has 1 saturated heterocycles. The zero-order valence-electron chi connectivity index (χ0n) is 17.0. The molecule has 0 aliphatic carbocycles. The van der Waals surface area contributed by atoms with Crippen LogP contribution in [-0.2, 0) is 18.4 Å². The van der Waals surface area contributed by atoms with E-state index in [9.17, 15) is 4.79 Å². The van der Waals surface area contributed by atoms with Gasteiger partial charge in [0.1, 0.15) is 10.9 Å². The molecule has 7 heteroatoms. The Kier molecular flexibility index (Phi) is 6.64. The van der Waals surface area contributed by atoms with E-state index in [0.29, 0.717) is 6.61 Å². The summed E-state index contributed by atoms with van der Waals surface area (Å²) in [5.41, 5.74) is 0. The Morgan fingerprint density at radius 2 is 1.46 bits per heavy atom. The van der Waals surface area contributed by atoms with E-state index >= 15 is 0 Å². The molecule has 1 heterocycles. The topological polar surface area (TPSA) is 44.8 Å². The molecule has 0 N–H and O–H groups in total. The van der Waals surface area contributed by atoms with Gasteiger partial charge in [0.05, 0.1) is 6.61 Å². The molecule has 0 aromatic carbocycles. The highest BCUT2D eigenvalue weighted by Gasteiger charge is 2.50. The number of hydrogen-bond acceptors (Lipinski definition) is 4. The standard InChI is InChI=1S/C17H35BrO4Si2/c1-16(2,3)23(7,8)20-11-12-14(13(18)15(19)21-12)22-24(9,10)17(4,5)6/h12-14H,11H2,1-10H3/t12-,13+,14-/m1/s1. The minimum atomic E-state index is -2.00. The Bertz CT molecular complexity index is 466. The number of rotatable bonds is 5. The first-order valence-electron chi connectivity index (χ1n) is 8.66. The first-order chi connectivity index (χ1) is 10.5. The summed E-state index contributed by atoms with van der Waals surface area (Å²) in [6.07, 6.45) is -0.631. The highest BCUT2D eigenvalue weighted by atomic mass is 79.9. The van der Waals surface area contributed by atoms with Crippen molar-refractivity contribution in [1.82, 2.24) is 0 Å². The lowest BCUT2D eigenvalue weighted by atomic mass is 10.2. The largest absolute Gasteiger partial charge is 0.456 e. The van der Waals surface area contributed by atoms with Crippen molar-refractivity contribution in [3.63, 3.8) is 0 Å². The Labute approximate surface area is 158 Å². The summed E-state index contributed by atoms with van der Waals surface area (Å²) in [7, 11) is -3.89. The molecule has 1 rings (SSSR count). The predicted molar refractivity (Wildman–Crippen MR) is 108 cm³/mol. The summed E-state index contributed by atoms with van der Waals surface area (Å²) in [6.45, 7) is 22.4. The van der Waals surface area contributed by atoms with E-state index in [1.165, 1.54) is 0 Å². The van der Waals surface area contributed by atoms with E-state index < -0.39 is 21.5 Å². The molecule has 1 aliphatic rings. The normalized spacial score (nSPS) is 26.6. The molecule has 0 bridgehead atoms. The van der Waals surface area contributed by atoms with Gasteiger partial charge < -0.3 is 13.6 Å². The van der Waals surface area contributed by atoms with Crippen LogP contribution in [0.2, 0.25) is 36.3 Å². The monoisotopic (exact) mass is 438 g/mol. The molecule has 142 valence electrons. The molecular formula is C17H35BrO4Si2. The second-order valence-electron chi connectivity index (χ2n) is 9.79. The van der Waals surface area contributed by atoms with Crippen molar-refractivity contribution in [2.24, 2.45) is 0 Å². The number of ether oxygens (including phenoxy) is 1. The molecule has 0 aromatic heterocycles. The molecule has 0 radical (unpaired) electrons. The predicted octanol–water partition coefficient (Wildman–Crippen LogP) is 5.09. The van der Waals surface area contributed by atoms with Gasteiger partial charge in [-0.2, -0.15) is 0 Å². The second kappa shape index (κ2) is 7.14. The van der Waals surface area contributed by atoms with Gasteiger partial charge in [-0.1, -0.05) is 57.5 Å².